The zero-order chi connectivity index (χ0) is 11.5. The second-order valence-corrected chi connectivity index (χ2v) is 4.51. The molecule has 1 fully saturated rings. The van der Waals surface area contributed by atoms with Crippen molar-refractivity contribution in [2.24, 2.45) is 0 Å². The number of piperazine rings is 1. The van der Waals surface area contributed by atoms with Gasteiger partial charge in [0.25, 0.3) is 0 Å². The smallest absolute Gasteiger partial charge is 0.143 e. The molecule has 4 heteroatoms. The normalized spacial score (nSPS) is 21.2. The van der Waals surface area contributed by atoms with Crippen molar-refractivity contribution in [3.05, 3.63) is 29.0 Å². The molecule has 0 bridgehead atoms. The molecule has 2 nitrogen and oxygen atoms in total. The molecule has 1 aliphatic heterocycles. The van der Waals surface area contributed by atoms with Gasteiger partial charge in [0.05, 0.1) is 5.02 Å². The molecule has 0 radical (unpaired) electrons. The average Bonchev–Trinajstić information content (AvgIpc) is 2.33. The average molecular weight is 243 g/mol. The Kier molecular flexibility index (Phi) is 3.66. The van der Waals surface area contributed by atoms with Gasteiger partial charge in [-0.3, -0.25) is 0 Å². The molecule has 0 aliphatic carbocycles. The fourth-order valence-corrected chi connectivity index (χ4v) is 2.13. The van der Waals surface area contributed by atoms with E-state index >= 15 is 0 Å². The fraction of sp³-hybridized carbons (Fsp3) is 0.500. The number of nitrogens with one attached hydrogen (secondary N) is 1. The van der Waals surface area contributed by atoms with E-state index in [1.54, 1.807) is 6.07 Å². The van der Waals surface area contributed by atoms with Crippen molar-refractivity contribution in [3.8, 4) is 0 Å². The van der Waals surface area contributed by atoms with E-state index in [1.165, 1.54) is 6.07 Å². The van der Waals surface area contributed by atoms with Crippen molar-refractivity contribution in [2.75, 3.05) is 24.5 Å². The van der Waals surface area contributed by atoms with Crippen molar-refractivity contribution >= 4 is 17.3 Å². The lowest BCUT2D eigenvalue weighted by Gasteiger charge is -2.35. The molecule has 0 spiro atoms. The minimum atomic E-state index is -0.342. The van der Waals surface area contributed by atoms with Crippen LogP contribution in [-0.2, 0) is 0 Å². The third kappa shape index (κ3) is 2.47. The van der Waals surface area contributed by atoms with Crippen LogP contribution in [0.25, 0.3) is 0 Å². The minimum Gasteiger partial charge on any atom is -0.369 e. The third-order valence-corrected chi connectivity index (χ3v) is 3.32. The van der Waals surface area contributed by atoms with Crippen LogP contribution in [0.1, 0.15) is 13.3 Å². The van der Waals surface area contributed by atoms with Crippen LogP contribution in [0.2, 0.25) is 5.02 Å². The summed E-state index contributed by atoms with van der Waals surface area (Å²) in [5.74, 6) is -0.342. The van der Waals surface area contributed by atoms with E-state index in [4.69, 9.17) is 11.6 Å². The maximum atomic E-state index is 13.3. The van der Waals surface area contributed by atoms with Gasteiger partial charge in [0.2, 0.25) is 0 Å². The largest absolute Gasteiger partial charge is 0.369 e. The quantitative estimate of drug-likeness (QED) is 0.858. The number of rotatable bonds is 2. The van der Waals surface area contributed by atoms with Gasteiger partial charge in [-0.1, -0.05) is 18.5 Å². The molecule has 16 heavy (non-hydrogen) atoms. The maximum Gasteiger partial charge on any atom is 0.143 e. The predicted octanol–water partition coefficient (Wildman–Crippen LogP) is 2.67. The number of halogens is 2. The summed E-state index contributed by atoms with van der Waals surface area (Å²) in [6.07, 6.45) is 1.09. The summed E-state index contributed by atoms with van der Waals surface area (Å²) >= 11 is 5.67. The lowest BCUT2D eigenvalue weighted by molar-refractivity contribution is 0.446. The Balaban J connectivity index is 2.13. The van der Waals surface area contributed by atoms with Crippen LogP contribution in [0.5, 0.6) is 0 Å². The topological polar surface area (TPSA) is 15.3 Å². The Hall–Kier alpha value is -0.800. The first kappa shape index (κ1) is 11.7. The second kappa shape index (κ2) is 5.02. The monoisotopic (exact) mass is 242 g/mol. The van der Waals surface area contributed by atoms with Gasteiger partial charge in [-0.05, 0) is 24.6 Å². The van der Waals surface area contributed by atoms with E-state index in [2.05, 4.69) is 17.1 Å². The highest BCUT2D eigenvalue weighted by Crippen LogP contribution is 2.22. The zero-order valence-corrected chi connectivity index (χ0v) is 10.1. The lowest BCUT2D eigenvalue weighted by Crippen LogP contribution is -2.50. The second-order valence-electron chi connectivity index (χ2n) is 4.10. The summed E-state index contributed by atoms with van der Waals surface area (Å²) in [6.45, 7) is 4.95. The number of benzene rings is 1. The summed E-state index contributed by atoms with van der Waals surface area (Å²) < 4.78 is 13.3. The van der Waals surface area contributed by atoms with Crippen LogP contribution < -0.4 is 10.2 Å². The summed E-state index contributed by atoms with van der Waals surface area (Å²) in [5, 5.41) is 3.62. The van der Waals surface area contributed by atoms with E-state index in [1.807, 2.05) is 6.07 Å². The van der Waals surface area contributed by atoms with Gasteiger partial charge in [-0.2, -0.15) is 0 Å². The Labute approximate surface area is 100 Å². The molecule has 1 N–H and O–H groups in total. The van der Waals surface area contributed by atoms with Gasteiger partial charge >= 0.3 is 0 Å². The van der Waals surface area contributed by atoms with Crippen LogP contribution in [0.15, 0.2) is 18.2 Å². The van der Waals surface area contributed by atoms with Gasteiger partial charge in [0.15, 0.2) is 0 Å². The van der Waals surface area contributed by atoms with Crippen LogP contribution in [-0.4, -0.2) is 25.7 Å². The van der Waals surface area contributed by atoms with Crippen molar-refractivity contribution < 1.29 is 4.39 Å². The highest BCUT2D eigenvalue weighted by molar-refractivity contribution is 6.30. The molecule has 2 rings (SSSR count). The van der Waals surface area contributed by atoms with Crippen LogP contribution in [0.3, 0.4) is 0 Å². The zero-order valence-electron chi connectivity index (χ0n) is 9.34. The van der Waals surface area contributed by atoms with Crippen molar-refractivity contribution in [1.29, 1.82) is 0 Å². The fourth-order valence-electron chi connectivity index (χ4n) is 2.02. The van der Waals surface area contributed by atoms with E-state index in [0.29, 0.717) is 6.04 Å². The van der Waals surface area contributed by atoms with E-state index in [9.17, 15) is 4.39 Å². The van der Waals surface area contributed by atoms with Crippen molar-refractivity contribution in [2.45, 2.75) is 19.4 Å². The molecular weight excluding hydrogens is 227 g/mol. The molecule has 1 aromatic carbocycles. The summed E-state index contributed by atoms with van der Waals surface area (Å²) in [4.78, 5) is 2.20. The molecule has 1 saturated heterocycles. The standard InChI is InChI=1S/C12H16ClFN2/c1-2-9-8-16(6-5-15-9)10-3-4-11(13)12(14)7-10/h3-4,7,9,15H,2,5-6,8H2,1H3. The highest BCUT2D eigenvalue weighted by atomic mass is 35.5. The van der Waals surface area contributed by atoms with E-state index in [0.717, 1.165) is 31.7 Å². The molecule has 1 aliphatic rings. The van der Waals surface area contributed by atoms with Gasteiger partial charge in [0.1, 0.15) is 5.82 Å². The molecule has 0 aromatic heterocycles. The third-order valence-electron chi connectivity index (χ3n) is 3.02. The lowest BCUT2D eigenvalue weighted by atomic mass is 10.1. The van der Waals surface area contributed by atoms with Crippen LogP contribution in [0, 0.1) is 5.82 Å². The van der Waals surface area contributed by atoms with E-state index < -0.39 is 0 Å². The number of anilines is 1. The molecular formula is C12H16ClFN2. The number of hydrogen-bond acceptors (Lipinski definition) is 2. The van der Waals surface area contributed by atoms with Crippen LogP contribution in [0.4, 0.5) is 10.1 Å². The Morgan fingerprint density at radius 2 is 2.38 bits per heavy atom. The molecule has 1 heterocycles. The van der Waals surface area contributed by atoms with Gasteiger partial charge < -0.3 is 10.2 Å². The van der Waals surface area contributed by atoms with Crippen molar-refractivity contribution in [3.63, 3.8) is 0 Å². The molecule has 1 unspecified atom stereocenters. The summed E-state index contributed by atoms with van der Waals surface area (Å²) in [6, 6.07) is 5.51. The number of hydrogen-bond donors (Lipinski definition) is 1. The first-order chi connectivity index (χ1) is 7.70. The SMILES string of the molecule is CCC1CN(c2ccc(Cl)c(F)c2)CCN1. The van der Waals surface area contributed by atoms with Crippen LogP contribution >= 0.6 is 11.6 Å². The van der Waals surface area contributed by atoms with Gasteiger partial charge in [-0.25, -0.2) is 4.39 Å². The molecule has 1 aromatic rings. The molecule has 88 valence electrons. The Morgan fingerprint density at radius 3 is 3.06 bits per heavy atom. The Morgan fingerprint density at radius 1 is 1.56 bits per heavy atom. The number of nitrogens with zero attached hydrogens (tertiary/aromatic N) is 1. The first-order valence-electron chi connectivity index (χ1n) is 5.64. The van der Waals surface area contributed by atoms with Gasteiger partial charge in [-0.15, -0.1) is 0 Å². The molecule has 0 saturated carbocycles. The summed E-state index contributed by atoms with van der Waals surface area (Å²) in [5.41, 5.74) is 0.918. The Bertz CT molecular complexity index is 370. The van der Waals surface area contributed by atoms with Gasteiger partial charge in [0, 0.05) is 31.4 Å². The minimum absolute atomic E-state index is 0.186. The van der Waals surface area contributed by atoms with E-state index in [-0.39, 0.29) is 10.8 Å². The first-order valence-corrected chi connectivity index (χ1v) is 6.02. The molecule has 0 amide bonds. The van der Waals surface area contributed by atoms with Crippen molar-refractivity contribution in [1.82, 2.24) is 5.32 Å². The molecule has 1 atom stereocenters. The highest BCUT2D eigenvalue weighted by Gasteiger charge is 2.18. The summed E-state index contributed by atoms with van der Waals surface area (Å²) in [7, 11) is 0. The maximum absolute atomic E-state index is 13.3. The predicted molar refractivity (Wildman–Crippen MR) is 65.7 cm³/mol.